The topological polar surface area (TPSA) is 32.3 Å². The highest BCUT2D eigenvalue weighted by Crippen LogP contribution is 2.31. The van der Waals surface area contributed by atoms with Gasteiger partial charge in [0.25, 0.3) is 5.91 Å². The average Bonchev–Trinajstić information content (AvgIpc) is 2.96. The van der Waals surface area contributed by atoms with Crippen molar-refractivity contribution in [3.63, 3.8) is 0 Å². The first-order valence-corrected chi connectivity index (χ1v) is 9.21. The van der Waals surface area contributed by atoms with Crippen molar-refractivity contribution in [1.82, 2.24) is 10.2 Å². The van der Waals surface area contributed by atoms with Gasteiger partial charge in [0.1, 0.15) is 0 Å². The first-order chi connectivity index (χ1) is 10.3. The van der Waals surface area contributed by atoms with Gasteiger partial charge < -0.3 is 10.2 Å². The smallest absolute Gasteiger partial charge is 0.263 e. The number of nitrogens with zero attached hydrogens (tertiary/aromatic N) is 1. The molecule has 2 heterocycles. The van der Waals surface area contributed by atoms with E-state index in [9.17, 15) is 4.79 Å². The SMILES string of the molecule is CCNCC1CCN(C(=O)c2cc3c(s2)CCCC3)CC1. The van der Waals surface area contributed by atoms with Crippen molar-refractivity contribution in [1.29, 1.82) is 0 Å². The van der Waals surface area contributed by atoms with Gasteiger partial charge in [-0.25, -0.2) is 0 Å². The van der Waals surface area contributed by atoms with Crippen LogP contribution in [-0.2, 0) is 12.8 Å². The standard InChI is InChI=1S/C17H26N2OS/c1-2-18-12-13-7-9-19(10-8-13)17(20)16-11-14-5-3-4-6-15(14)21-16/h11,13,18H,2-10,12H2,1H3. The van der Waals surface area contributed by atoms with Gasteiger partial charge in [-0.2, -0.15) is 0 Å². The summed E-state index contributed by atoms with van der Waals surface area (Å²) in [6.45, 7) is 6.15. The van der Waals surface area contributed by atoms with Crippen LogP contribution in [0.4, 0.5) is 0 Å². The van der Waals surface area contributed by atoms with Gasteiger partial charge >= 0.3 is 0 Å². The lowest BCUT2D eigenvalue weighted by atomic mass is 9.96. The fourth-order valence-electron chi connectivity index (χ4n) is 3.44. The molecule has 3 nitrogen and oxygen atoms in total. The van der Waals surface area contributed by atoms with Crippen molar-refractivity contribution in [2.75, 3.05) is 26.2 Å². The van der Waals surface area contributed by atoms with Crippen LogP contribution in [-0.4, -0.2) is 37.0 Å². The van der Waals surface area contributed by atoms with E-state index < -0.39 is 0 Å². The molecule has 1 fully saturated rings. The van der Waals surface area contributed by atoms with Gasteiger partial charge in [-0.05, 0) is 69.2 Å². The maximum Gasteiger partial charge on any atom is 0.263 e. The maximum atomic E-state index is 12.7. The number of rotatable bonds is 4. The number of piperidine rings is 1. The fourth-order valence-corrected chi connectivity index (χ4v) is 4.66. The Morgan fingerprint density at radius 3 is 2.81 bits per heavy atom. The molecule has 1 saturated heterocycles. The molecular weight excluding hydrogens is 280 g/mol. The van der Waals surface area contributed by atoms with Crippen molar-refractivity contribution in [3.8, 4) is 0 Å². The Kier molecular flexibility index (Phi) is 4.96. The van der Waals surface area contributed by atoms with E-state index in [0.717, 1.165) is 49.8 Å². The van der Waals surface area contributed by atoms with E-state index in [1.165, 1.54) is 36.1 Å². The minimum atomic E-state index is 0.274. The average molecular weight is 306 g/mol. The number of hydrogen-bond donors (Lipinski definition) is 1. The molecule has 0 unspecified atom stereocenters. The minimum Gasteiger partial charge on any atom is -0.338 e. The molecule has 1 N–H and O–H groups in total. The van der Waals surface area contributed by atoms with Gasteiger partial charge in [0.2, 0.25) is 0 Å². The van der Waals surface area contributed by atoms with E-state index in [0.29, 0.717) is 0 Å². The van der Waals surface area contributed by atoms with Gasteiger partial charge in [-0.1, -0.05) is 6.92 Å². The molecule has 1 aliphatic carbocycles. The monoisotopic (exact) mass is 306 g/mol. The molecule has 0 spiro atoms. The maximum absolute atomic E-state index is 12.7. The second kappa shape index (κ2) is 6.93. The van der Waals surface area contributed by atoms with Crippen molar-refractivity contribution < 1.29 is 4.79 Å². The van der Waals surface area contributed by atoms with E-state index in [1.54, 1.807) is 11.3 Å². The van der Waals surface area contributed by atoms with Gasteiger partial charge in [0.15, 0.2) is 0 Å². The van der Waals surface area contributed by atoms with Crippen LogP contribution in [0.5, 0.6) is 0 Å². The van der Waals surface area contributed by atoms with Crippen LogP contribution in [0.25, 0.3) is 0 Å². The molecule has 1 aliphatic heterocycles. The summed E-state index contributed by atoms with van der Waals surface area (Å²) in [6, 6.07) is 2.17. The molecular formula is C17H26N2OS. The molecule has 0 saturated carbocycles. The fraction of sp³-hybridized carbons (Fsp3) is 0.706. The zero-order chi connectivity index (χ0) is 14.7. The molecule has 0 atom stereocenters. The minimum absolute atomic E-state index is 0.274. The molecule has 4 heteroatoms. The zero-order valence-corrected chi connectivity index (χ0v) is 13.8. The molecule has 2 aliphatic rings. The highest BCUT2D eigenvalue weighted by Gasteiger charge is 2.25. The third kappa shape index (κ3) is 3.49. The number of fused-ring (bicyclic) bond motifs is 1. The summed E-state index contributed by atoms with van der Waals surface area (Å²) >= 11 is 1.75. The Morgan fingerprint density at radius 1 is 1.33 bits per heavy atom. The van der Waals surface area contributed by atoms with Crippen LogP contribution in [0.3, 0.4) is 0 Å². The molecule has 1 aromatic rings. The van der Waals surface area contributed by atoms with Crippen molar-refractivity contribution >= 4 is 17.2 Å². The van der Waals surface area contributed by atoms with E-state index in [2.05, 4.69) is 23.2 Å². The number of nitrogens with one attached hydrogen (secondary N) is 1. The summed E-state index contributed by atoms with van der Waals surface area (Å²) < 4.78 is 0. The summed E-state index contributed by atoms with van der Waals surface area (Å²) in [4.78, 5) is 17.2. The molecule has 1 aromatic heterocycles. The molecule has 21 heavy (non-hydrogen) atoms. The van der Waals surface area contributed by atoms with Crippen LogP contribution >= 0.6 is 11.3 Å². The largest absolute Gasteiger partial charge is 0.338 e. The number of amides is 1. The second-order valence-electron chi connectivity index (χ2n) is 6.31. The summed E-state index contributed by atoms with van der Waals surface area (Å²) in [5.41, 5.74) is 1.44. The lowest BCUT2D eigenvalue weighted by molar-refractivity contribution is 0.0695. The van der Waals surface area contributed by atoms with Gasteiger partial charge in [0.05, 0.1) is 4.88 Å². The van der Waals surface area contributed by atoms with Crippen molar-refractivity contribution in [2.24, 2.45) is 5.92 Å². The summed E-state index contributed by atoms with van der Waals surface area (Å²) in [5, 5.41) is 3.43. The molecule has 0 radical (unpaired) electrons. The number of thiophene rings is 1. The van der Waals surface area contributed by atoms with Crippen LogP contribution in [0, 0.1) is 5.92 Å². The number of likely N-dealkylation sites (tertiary alicyclic amines) is 1. The Hall–Kier alpha value is -0.870. The summed E-state index contributed by atoms with van der Waals surface area (Å²) in [6.07, 6.45) is 7.21. The Balaban J connectivity index is 1.57. The first-order valence-electron chi connectivity index (χ1n) is 8.39. The molecule has 1 amide bonds. The highest BCUT2D eigenvalue weighted by atomic mass is 32.1. The van der Waals surface area contributed by atoms with Crippen LogP contribution in [0.1, 0.15) is 52.7 Å². The number of hydrogen-bond acceptors (Lipinski definition) is 3. The van der Waals surface area contributed by atoms with Gasteiger partial charge in [-0.15, -0.1) is 11.3 Å². The quantitative estimate of drug-likeness (QED) is 0.927. The van der Waals surface area contributed by atoms with Gasteiger partial charge in [0, 0.05) is 18.0 Å². The van der Waals surface area contributed by atoms with E-state index in [-0.39, 0.29) is 5.91 Å². The molecule has 116 valence electrons. The van der Waals surface area contributed by atoms with Crippen LogP contribution in [0.2, 0.25) is 0 Å². The number of carbonyl (C=O) groups excluding carboxylic acids is 1. The van der Waals surface area contributed by atoms with E-state index in [1.807, 2.05) is 0 Å². The third-order valence-electron chi connectivity index (χ3n) is 4.79. The molecule has 3 rings (SSSR count). The first kappa shape index (κ1) is 15.0. The second-order valence-corrected chi connectivity index (χ2v) is 7.45. The normalized spacial score (nSPS) is 19.6. The van der Waals surface area contributed by atoms with Crippen molar-refractivity contribution in [3.05, 3.63) is 21.4 Å². The van der Waals surface area contributed by atoms with E-state index in [4.69, 9.17) is 0 Å². The number of carbonyl (C=O) groups is 1. The summed E-state index contributed by atoms with van der Waals surface area (Å²) in [5.74, 6) is 1.02. The summed E-state index contributed by atoms with van der Waals surface area (Å²) in [7, 11) is 0. The predicted octanol–water partition coefficient (Wildman–Crippen LogP) is 3.09. The Bertz CT molecular complexity index is 465. The van der Waals surface area contributed by atoms with Crippen LogP contribution < -0.4 is 5.32 Å². The molecule has 0 bridgehead atoms. The lowest BCUT2D eigenvalue weighted by Crippen LogP contribution is -2.40. The third-order valence-corrected chi connectivity index (χ3v) is 6.02. The highest BCUT2D eigenvalue weighted by molar-refractivity contribution is 7.14. The van der Waals surface area contributed by atoms with Crippen molar-refractivity contribution in [2.45, 2.75) is 45.4 Å². The van der Waals surface area contributed by atoms with Crippen LogP contribution in [0.15, 0.2) is 6.07 Å². The van der Waals surface area contributed by atoms with E-state index >= 15 is 0 Å². The lowest BCUT2D eigenvalue weighted by Gasteiger charge is -2.31. The molecule has 0 aromatic carbocycles. The predicted molar refractivity (Wildman–Crippen MR) is 88.1 cm³/mol. The zero-order valence-electron chi connectivity index (χ0n) is 13.0. The number of aryl methyl sites for hydroxylation is 2. The Labute approximate surface area is 131 Å². The Morgan fingerprint density at radius 2 is 2.10 bits per heavy atom. The van der Waals surface area contributed by atoms with Gasteiger partial charge in [-0.3, -0.25) is 4.79 Å².